The van der Waals surface area contributed by atoms with Gasteiger partial charge in [-0.05, 0) is 36.4 Å². The SMILES string of the molecule is COC1N(c2ccccc2)c2nc3ccccc3nc2N1c1ccccc1. The Morgan fingerprint density at radius 2 is 1.04 bits per heavy atom. The fourth-order valence-electron chi connectivity index (χ4n) is 3.52. The van der Waals surface area contributed by atoms with E-state index in [1.807, 2.05) is 60.7 Å². The number of nitrogens with zero attached hydrogens (tertiary/aromatic N) is 4. The summed E-state index contributed by atoms with van der Waals surface area (Å²) in [6.45, 7) is 0. The molecule has 5 heteroatoms. The highest BCUT2D eigenvalue weighted by Gasteiger charge is 2.40. The van der Waals surface area contributed by atoms with Crippen molar-refractivity contribution in [3.63, 3.8) is 0 Å². The first-order valence-corrected chi connectivity index (χ1v) is 8.85. The van der Waals surface area contributed by atoms with Gasteiger partial charge in [-0.2, -0.15) is 0 Å². The lowest BCUT2D eigenvalue weighted by atomic mass is 10.3. The van der Waals surface area contributed by atoms with Gasteiger partial charge in [0.25, 0.3) is 0 Å². The lowest BCUT2D eigenvalue weighted by molar-refractivity contribution is 0.118. The monoisotopic (exact) mass is 354 g/mol. The molecule has 3 aromatic carbocycles. The number of anilines is 4. The van der Waals surface area contributed by atoms with E-state index in [4.69, 9.17) is 14.7 Å². The highest BCUT2D eigenvalue weighted by atomic mass is 16.5. The molecule has 1 aliphatic heterocycles. The Morgan fingerprint density at radius 1 is 0.630 bits per heavy atom. The van der Waals surface area contributed by atoms with Gasteiger partial charge in [-0.25, -0.2) is 9.97 Å². The van der Waals surface area contributed by atoms with Gasteiger partial charge in [0.1, 0.15) is 0 Å². The Balaban J connectivity index is 1.78. The topological polar surface area (TPSA) is 41.5 Å². The van der Waals surface area contributed by atoms with E-state index >= 15 is 0 Å². The lowest BCUT2D eigenvalue weighted by Crippen LogP contribution is -2.40. The molecule has 0 fully saturated rings. The second kappa shape index (κ2) is 6.37. The molecule has 0 spiro atoms. The van der Waals surface area contributed by atoms with Gasteiger partial charge in [-0.1, -0.05) is 48.5 Å². The van der Waals surface area contributed by atoms with Gasteiger partial charge in [0.05, 0.1) is 11.0 Å². The van der Waals surface area contributed by atoms with Crippen LogP contribution in [0.25, 0.3) is 11.0 Å². The number of fused-ring (bicyclic) bond motifs is 2. The van der Waals surface area contributed by atoms with Crippen LogP contribution in [-0.2, 0) is 4.74 Å². The van der Waals surface area contributed by atoms with Crippen LogP contribution < -0.4 is 9.80 Å². The van der Waals surface area contributed by atoms with E-state index in [0.29, 0.717) is 0 Å². The summed E-state index contributed by atoms with van der Waals surface area (Å²) in [5.74, 6) is 1.58. The molecule has 132 valence electrons. The molecular weight excluding hydrogens is 336 g/mol. The third-order valence-electron chi connectivity index (χ3n) is 4.71. The zero-order valence-electron chi connectivity index (χ0n) is 14.9. The lowest BCUT2D eigenvalue weighted by Gasteiger charge is -2.30. The number of hydrogen-bond acceptors (Lipinski definition) is 5. The first-order valence-electron chi connectivity index (χ1n) is 8.85. The Labute approximate surface area is 157 Å². The van der Waals surface area contributed by atoms with E-state index in [1.54, 1.807) is 7.11 Å². The van der Waals surface area contributed by atoms with Crippen molar-refractivity contribution in [2.75, 3.05) is 16.9 Å². The summed E-state index contributed by atoms with van der Waals surface area (Å²) >= 11 is 0. The molecule has 0 unspecified atom stereocenters. The summed E-state index contributed by atoms with van der Waals surface area (Å²) in [6.07, 6.45) is -0.374. The molecule has 0 bridgehead atoms. The molecule has 4 aromatic rings. The van der Waals surface area contributed by atoms with Crippen LogP contribution in [0.2, 0.25) is 0 Å². The molecule has 5 rings (SSSR count). The second-order valence-electron chi connectivity index (χ2n) is 6.33. The molecule has 0 radical (unpaired) electrons. The smallest absolute Gasteiger partial charge is 0.221 e. The fourth-order valence-corrected chi connectivity index (χ4v) is 3.52. The van der Waals surface area contributed by atoms with E-state index in [-0.39, 0.29) is 6.35 Å². The number of ether oxygens (including phenoxy) is 1. The van der Waals surface area contributed by atoms with Crippen LogP contribution in [-0.4, -0.2) is 23.4 Å². The molecule has 0 atom stereocenters. The molecule has 2 heterocycles. The van der Waals surface area contributed by atoms with Gasteiger partial charge < -0.3 is 4.74 Å². The zero-order valence-corrected chi connectivity index (χ0v) is 14.9. The average Bonchev–Trinajstić information content (AvgIpc) is 3.06. The van der Waals surface area contributed by atoms with E-state index < -0.39 is 0 Å². The minimum absolute atomic E-state index is 0.374. The molecule has 1 aromatic heterocycles. The number of aromatic nitrogens is 2. The minimum atomic E-state index is -0.374. The van der Waals surface area contributed by atoms with Gasteiger partial charge >= 0.3 is 0 Å². The van der Waals surface area contributed by atoms with Crippen LogP contribution in [0.15, 0.2) is 84.9 Å². The maximum Gasteiger partial charge on any atom is 0.221 e. The van der Waals surface area contributed by atoms with Crippen molar-refractivity contribution in [3.8, 4) is 0 Å². The maximum absolute atomic E-state index is 5.93. The van der Waals surface area contributed by atoms with Gasteiger partial charge in [-0.3, -0.25) is 9.80 Å². The third kappa shape index (κ3) is 2.52. The van der Waals surface area contributed by atoms with Crippen molar-refractivity contribution >= 4 is 34.0 Å². The molecule has 0 N–H and O–H groups in total. The Morgan fingerprint density at radius 3 is 1.44 bits per heavy atom. The van der Waals surface area contributed by atoms with Crippen LogP contribution in [0.3, 0.4) is 0 Å². The Kier molecular flexibility index (Phi) is 3.73. The summed E-state index contributed by atoms with van der Waals surface area (Å²) in [5.41, 5.74) is 3.74. The van der Waals surface area contributed by atoms with Crippen molar-refractivity contribution in [2.45, 2.75) is 6.35 Å². The number of benzene rings is 3. The molecule has 0 saturated carbocycles. The molecule has 27 heavy (non-hydrogen) atoms. The van der Waals surface area contributed by atoms with Crippen molar-refractivity contribution in [3.05, 3.63) is 84.9 Å². The number of rotatable bonds is 3. The van der Waals surface area contributed by atoms with Crippen molar-refractivity contribution in [2.24, 2.45) is 0 Å². The highest BCUT2D eigenvalue weighted by molar-refractivity contribution is 5.88. The summed E-state index contributed by atoms with van der Waals surface area (Å²) in [5, 5.41) is 0. The Bertz CT molecular complexity index is 999. The first-order chi connectivity index (χ1) is 13.4. The molecule has 1 aliphatic rings. The summed E-state index contributed by atoms with van der Waals surface area (Å²) in [6, 6.07) is 28.2. The molecule has 0 aliphatic carbocycles. The Hall–Kier alpha value is -3.44. The minimum Gasteiger partial charge on any atom is -0.343 e. The van der Waals surface area contributed by atoms with E-state index in [9.17, 15) is 0 Å². The zero-order chi connectivity index (χ0) is 18.2. The van der Waals surface area contributed by atoms with Crippen LogP contribution in [0, 0.1) is 0 Å². The fraction of sp³-hybridized carbons (Fsp3) is 0.0909. The van der Waals surface area contributed by atoms with Gasteiger partial charge in [0, 0.05) is 18.5 Å². The first kappa shape index (κ1) is 15.8. The normalized spacial score (nSPS) is 14.0. The van der Waals surface area contributed by atoms with Gasteiger partial charge in [0.2, 0.25) is 6.35 Å². The van der Waals surface area contributed by atoms with Gasteiger partial charge in [-0.15, -0.1) is 0 Å². The molecule has 0 amide bonds. The van der Waals surface area contributed by atoms with Gasteiger partial charge in [0.15, 0.2) is 11.6 Å². The summed E-state index contributed by atoms with van der Waals surface area (Å²) in [4.78, 5) is 14.0. The van der Waals surface area contributed by atoms with E-state index in [2.05, 4.69) is 34.1 Å². The number of methoxy groups -OCH3 is 1. The molecule has 5 nitrogen and oxygen atoms in total. The quantitative estimate of drug-likeness (QED) is 0.526. The number of hydrogen-bond donors (Lipinski definition) is 0. The highest BCUT2D eigenvalue weighted by Crippen LogP contribution is 2.46. The van der Waals surface area contributed by atoms with Crippen LogP contribution >= 0.6 is 0 Å². The second-order valence-corrected chi connectivity index (χ2v) is 6.33. The average molecular weight is 354 g/mol. The van der Waals surface area contributed by atoms with Crippen molar-refractivity contribution in [1.82, 2.24) is 9.97 Å². The van der Waals surface area contributed by atoms with Crippen molar-refractivity contribution in [1.29, 1.82) is 0 Å². The standard InChI is InChI=1S/C22H18N4O/c1-27-22-25(16-10-4-2-5-11-16)20-21(26(22)17-12-6-3-7-13-17)24-19-15-9-8-14-18(19)23-20/h2-15,22H,1H3. The van der Waals surface area contributed by atoms with Crippen LogP contribution in [0.4, 0.5) is 23.0 Å². The predicted octanol–water partition coefficient (Wildman–Crippen LogP) is 4.85. The largest absolute Gasteiger partial charge is 0.343 e. The maximum atomic E-state index is 5.93. The van der Waals surface area contributed by atoms with E-state index in [0.717, 1.165) is 34.0 Å². The van der Waals surface area contributed by atoms with Crippen LogP contribution in [0.1, 0.15) is 0 Å². The predicted molar refractivity (Wildman–Crippen MR) is 107 cm³/mol. The van der Waals surface area contributed by atoms with Crippen LogP contribution in [0.5, 0.6) is 0 Å². The summed E-state index contributed by atoms with van der Waals surface area (Å²) in [7, 11) is 1.71. The summed E-state index contributed by atoms with van der Waals surface area (Å²) < 4.78 is 5.93. The molecular formula is C22H18N4O. The molecule has 0 saturated heterocycles. The van der Waals surface area contributed by atoms with Crippen molar-refractivity contribution < 1.29 is 4.74 Å². The number of para-hydroxylation sites is 4. The third-order valence-corrected chi connectivity index (χ3v) is 4.71. The van der Waals surface area contributed by atoms with E-state index in [1.165, 1.54) is 0 Å².